The number of hydrogen-bond acceptors (Lipinski definition) is 5. The Bertz CT molecular complexity index is 1170. The fourth-order valence-corrected chi connectivity index (χ4v) is 3.82. The molecule has 1 saturated heterocycles. The second-order valence-corrected chi connectivity index (χ2v) is 8.05. The van der Waals surface area contributed by atoms with Gasteiger partial charge in [-0.05, 0) is 55.3 Å². The lowest BCUT2D eigenvalue weighted by molar-refractivity contribution is -0.140. The van der Waals surface area contributed by atoms with Gasteiger partial charge in [-0.3, -0.25) is 14.6 Å². The number of aliphatic hydroxyl groups excluding tert-OH is 1. The summed E-state index contributed by atoms with van der Waals surface area (Å²) in [6.45, 7) is 3.84. The predicted molar refractivity (Wildman–Crippen MR) is 114 cm³/mol. The molecule has 2 aromatic heterocycles. The Morgan fingerprint density at radius 3 is 2.63 bits per heavy atom. The van der Waals surface area contributed by atoms with Crippen LogP contribution in [0.1, 0.15) is 34.3 Å². The lowest BCUT2D eigenvalue weighted by atomic mass is 9.98. The number of Topliss-reactive ketones (excluding diaryl/α,β-unsaturated/α-hetero) is 1. The van der Waals surface area contributed by atoms with Gasteiger partial charge in [0.15, 0.2) is 0 Å². The highest BCUT2D eigenvalue weighted by Crippen LogP contribution is 2.41. The van der Waals surface area contributed by atoms with Gasteiger partial charge >= 0.3 is 0 Å². The highest BCUT2D eigenvalue weighted by Gasteiger charge is 2.47. The first kappa shape index (κ1) is 20.1. The summed E-state index contributed by atoms with van der Waals surface area (Å²) in [6.07, 6.45) is 3.28. The zero-order valence-corrected chi connectivity index (χ0v) is 18.0. The van der Waals surface area contributed by atoms with Crippen LogP contribution in [-0.2, 0) is 16.1 Å². The van der Waals surface area contributed by atoms with E-state index >= 15 is 0 Å². The van der Waals surface area contributed by atoms with E-state index in [1.807, 2.05) is 13.0 Å². The van der Waals surface area contributed by atoms with Crippen molar-refractivity contribution >= 4 is 33.4 Å². The van der Waals surface area contributed by atoms with Gasteiger partial charge in [0.2, 0.25) is 0 Å². The first-order valence-corrected chi connectivity index (χ1v) is 10.2. The normalized spacial score (nSPS) is 18.2. The van der Waals surface area contributed by atoms with Gasteiger partial charge in [0.1, 0.15) is 23.3 Å². The van der Waals surface area contributed by atoms with E-state index in [-0.39, 0.29) is 17.9 Å². The SMILES string of the molecule is Cc1ccc(C2/C(=C(/O)c3ccc(Br)c(C)c3)C(=O)C(=O)N2Cc2cccnc2)o1. The van der Waals surface area contributed by atoms with E-state index in [1.54, 1.807) is 55.7 Å². The molecule has 3 heterocycles. The van der Waals surface area contributed by atoms with Crippen molar-refractivity contribution in [2.75, 3.05) is 0 Å². The van der Waals surface area contributed by atoms with Crippen molar-refractivity contribution in [3.05, 3.63) is 93.1 Å². The topological polar surface area (TPSA) is 83.6 Å². The quantitative estimate of drug-likeness (QED) is 0.343. The van der Waals surface area contributed by atoms with Crippen molar-refractivity contribution in [2.45, 2.75) is 26.4 Å². The van der Waals surface area contributed by atoms with Crippen LogP contribution >= 0.6 is 15.9 Å². The number of aliphatic hydroxyl groups is 1. The molecule has 1 N–H and O–H groups in total. The number of aryl methyl sites for hydroxylation is 2. The van der Waals surface area contributed by atoms with Crippen LogP contribution in [0.4, 0.5) is 0 Å². The van der Waals surface area contributed by atoms with Gasteiger partial charge in [0.25, 0.3) is 11.7 Å². The summed E-state index contributed by atoms with van der Waals surface area (Å²) >= 11 is 3.43. The first-order valence-electron chi connectivity index (χ1n) is 9.37. The number of nitrogens with zero attached hydrogens (tertiary/aromatic N) is 2. The summed E-state index contributed by atoms with van der Waals surface area (Å²) in [5.74, 6) is -0.580. The van der Waals surface area contributed by atoms with E-state index < -0.39 is 17.7 Å². The maximum absolute atomic E-state index is 13.0. The van der Waals surface area contributed by atoms with Gasteiger partial charge in [-0.25, -0.2) is 0 Å². The average Bonchev–Trinajstić information content (AvgIpc) is 3.26. The third-order valence-corrected chi connectivity index (χ3v) is 5.97. The van der Waals surface area contributed by atoms with Crippen molar-refractivity contribution in [3.63, 3.8) is 0 Å². The Labute approximate surface area is 182 Å². The van der Waals surface area contributed by atoms with Crippen molar-refractivity contribution in [2.24, 2.45) is 0 Å². The zero-order valence-electron chi connectivity index (χ0n) is 16.4. The lowest BCUT2D eigenvalue weighted by Crippen LogP contribution is -2.29. The summed E-state index contributed by atoms with van der Waals surface area (Å²) in [6, 6.07) is 11.5. The van der Waals surface area contributed by atoms with Crippen LogP contribution in [0.3, 0.4) is 0 Å². The van der Waals surface area contributed by atoms with E-state index in [0.29, 0.717) is 17.1 Å². The number of halogens is 1. The van der Waals surface area contributed by atoms with Crippen LogP contribution in [0, 0.1) is 13.8 Å². The Hall–Kier alpha value is -3.19. The summed E-state index contributed by atoms with van der Waals surface area (Å²) in [5, 5.41) is 11.1. The molecule has 4 rings (SSSR count). The molecule has 1 amide bonds. The fourth-order valence-electron chi connectivity index (χ4n) is 3.58. The van der Waals surface area contributed by atoms with E-state index in [9.17, 15) is 14.7 Å². The molecule has 0 radical (unpaired) electrons. The smallest absolute Gasteiger partial charge is 0.296 e. The van der Waals surface area contributed by atoms with Crippen LogP contribution in [0.2, 0.25) is 0 Å². The number of aromatic nitrogens is 1. The fraction of sp³-hybridized carbons (Fsp3) is 0.174. The number of pyridine rings is 1. The lowest BCUT2D eigenvalue weighted by Gasteiger charge is -2.23. The third-order valence-electron chi connectivity index (χ3n) is 5.08. The average molecular weight is 467 g/mol. The minimum atomic E-state index is -0.831. The minimum Gasteiger partial charge on any atom is -0.507 e. The number of benzene rings is 1. The third kappa shape index (κ3) is 3.57. The first-order chi connectivity index (χ1) is 14.4. The molecule has 3 aromatic rings. The molecule has 0 saturated carbocycles. The molecule has 6 nitrogen and oxygen atoms in total. The van der Waals surface area contributed by atoms with E-state index in [1.165, 1.54) is 4.90 Å². The van der Waals surface area contributed by atoms with Gasteiger partial charge in [0.05, 0.1) is 5.57 Å². The van der Waals surface area contributed by atoms with Crippen LogP contribution in [-0.4, -0.2) is 26.7 Å². The Morgan fingerprint density at radius 2 is 2.00 bits per heavy atom. The summed E-state index contributed by atoms with van der Waals surface area (Å²) < 4.78 is 6.66. The summed E-state index contributed by atoms with van der Waals surface area (Å²) in [7, 11) is 0. The molecular formula is C23H19BrN2O4. The van der Waals surface area contributed by atoms with Gasteiger partial charge in [-0.1, -0.05) is 28.1 Å². The predicted octanol–water partition coefficient (Wildman–Crippen LogP) is 4.68. The minimum absolute atomic E-state index is 0.0139. The van der Waals surface area contributed by atoms with Gasteiger partial charge in [0, 0.05) is 29.0 Å². The molecule has 1 aliphatic heterocycles. The number of rotatable bonds is 4. The molecule has 1 atom stereocenters. The Morgan fingerprint density at radius 1 is 1.20 bits per heavy atom. The van der Waals surface area contributed by atoms with Crippen molar-refractivity contribution in [1.29, 1.82) is 0 Å². The van der Waals surface area contributed by atoms with E-state index in [0.717, 1.165) is 15.6 Å². The Kier molecular flexibility index (Phi) is 5.30. The van der Waals surface area contributed by atoms with Crippen molar-refractivity contribution in [3.8, 4) is 0 Å². The van der Waals surface area contributed by atoms with Crippen LogP contribution in [0.5, 0.6) is 0 Å². The maximum Gasteiger partial charge on any atom is 0.296 e. The molecule has 0 bridgehead atoms. The second-order valence-electron chi connectivity index (χ2n) is 7.20. The Balaban J connectivity index is 1.86. The molecule has 1 aromatic carbocycles. The molecule has 1 fully saturated rings. The van der Waals surface area contributed by atoms with Gasteiger partial charge in [-0.2, -0.15) is 0 Å². The second kappa shape index (κ2) is 7.91. The van der Waals surface area contributed by atoms with E-state index in [2.05, 4.69) is 20.9 Å². The number of ketones is 1. The monoisotopic (exact) mass is 466 g/mol. The summed E-state index contributed by atoms with van der Waals surface area (Å²) in [4.78, 5) is 31.4. The molecule has 1 aliphatic rings. The zero-order chi connectivity index (χ0) is 21.4. The molecule has 7 heteroatoms. The number of carbonyl (C=O) groups excluding carboxylic acids is 2. The van der Waals surface area contributed by atoms with Crippen LogP contribution in [0.15, 0.2) is 69.3 Å². The molecule has 152 valence electrons. The maximum atomic E-state index is 13.0. The van der Waals surface area contributed by atoms with Gasteiger partial charge in [-0.15, -0.1) is 0 Å². The number of hydrogen-bond donors (Lipinski definition) is 1. The largest absolute Gasteiger partial charge is 0.507 e. The highest BCUT2D eigenvalue weighted by molar-refractivity contribution is 9.10. The van der Waals surface area contributed by atoms with E-state index in [4.69, 9.17) is 4.42 Å². The number of furan rings is 1. The number of amides is 1. The van der Waals surface area contributed by atoms with Crippen LogP contribution in [0.25, 0.3) is 5.76 Å². The standard InChI is InChI=1S/C23H19BrN2O4/c1-13-10-16(6-7-17(13)24)21(27)19-20(18-8-5-14(2)30-18)26(23(29)22(19)28)12-15-4-3-9-25-11-15/h3-11,20,27H,12H2,1-2H3/b21-19-. The van der Waals surface area contributed by atoms with Crippen molar-refractivity contribution < 1.29 is 19.1 Å². The van der Waals surface area contributed by atoms with Crippen LogP contribution < -0.4 is 0 Å². The molecule has 30 heavy (non-hydrogen) atoms. The molecule has 1 unspecified atom stereocenters. The number of likely N-dealkylation sites (tertiary alicyclic amines) is 1. The van der Waals surface area contributed by atoms with Crippen molar-refractivity contribution in [1.82, 2.24) is 9.88 Å². The van der Waals surface area contributed by atoms with Gasteiger partial charge < -0.3 is 14.4 Å². The number of carbonyl (C=O) groups is 2. The molecule has 0 spiro atoms. The summed E-state index contributed by atoms with van der Waals surface area (Å²) in [5.41, 5.74) is 2.14. The molecular weight excluding hydrogens is 448 g/mol. The highest BCUT2D eigenvalue weighted by atomic mass is 79.9. The molecule has 0 aliphatic carbocycles.